The number of carboxylic acids is 1. The van der Waals surface area contributed by atoms with Crippen molar-refractivity contribution in [3.8, 4) is 5.75 Å². The Kier molecular flexibility index (Phi) is 5.38. The van der Waals surface area contributed by atoms with Crippen molar-refractivity contribution in [1.82, 2.24) is 0 Å². The smallest absolute Gasteiger partial charge is 0.335 e. The first-order valence-electron chi connectivity index (χ1n) is 6.56. The second-order valence-corrected chi connectivity index (χ2v) is 4.92. The van der Waals surface area contributed by atoms with Gasteiger partial charge < -0.3 is 15.2 Å². The molecule has 114 valence electrons. The first-order valence-corrected chi connectivity index (χ1v) is 6.94. The molecule has 2 N–H and O–H groups in total. The van der Waals surface area contributed by atoms with Gasteiger partial charge in [0.2, 0.25) is 5.91 Å². The first-order chi connectivity index (χ1) is 10.5. The predicted molar refractivity (Wildman–Crippen MR) is 83.6 cm³/mol. The van der Waals surface area contributed by atoms with Gasteiger partial charge in [0, 0.05) is 10.7 Å². The summed E-state index contributed by atoms with van der Waals surface area (Å²) in [4.78, 5) is 22.5. The zero-order chi connectivity index (χ0) is 15.9. The molecule has 0 saturated carbocycles. The van der Waals surface area contributed by atoms with Crippen molar-refractivity contribution in [1.29, 1.82) is 0 Å². The molecular weight excluding hydrogens is 306 g/mol. The van der Waals surface area contributed by atoms with E-state index in [1.807, 2.05) is 0 Å². The molecular formula is C16H14ClNO4. The Hall–Kier alpha value is -2.53. The van der Waals surface area contributed by atoms with Gasteiger partial charge in [0.25, 0.3) is 0 Å². The minimum Gasteiger partial charge on any atom is -0.493 e. The maximum Gasteiger partial charge on any atom is 0.335 e. The van der Waals surface area contributed by atoms with Gasteiger partial charge in [-0.25, -0.2) is 4.79 Å². The van der Waals surface area contributed by atoms with E-state index in [9.17, 15) is 9.59 Å². The van der Waals surface area contributed by atoms with Crippen LogP contribution < -0.4 is 10.1 Å². The van der Waals surface area contributed by atoms with Crippen molar-refractivity contribution in [2.45, 2.75) is 6.42 Å². The summed E-state index contributed by atoms with van der Waals surface area (Å²) in [5.41, 5.74) is 0.713. The van der Waals surface area contributed by atoms with E-state index in [1.54, 1.807) is 36.4 Å². The topological polar surface area (TPSA) is 75.6 Å². The lowest BCUT2D eigenvalue weighted by molar-refractivity contribution is -0.116. The molecule has 0 unspecified atom stereocenters. The largest absolute Gasteiger partial charge is 0.493 e. The molecule has 0 aliphatic heterocycles. The summed E-state index contributed by atoms with van der Waals surface area (Å²) in [6.07, 6.45) is 0.184. The van der Waals surface area contributed by atoms with Gasteiger partial charge >= 0.3 is 5.97 Å². The van der Waals surface area contributed by atoms with Gasteiger partial charge in [0.15, 0.2) is 0 Å². The molecule has 0 spiro atoms. The van der Waals surface area contributed by atoms with E-state index in [1.165, 1.54) is 12.1 Å². The highest BCUT2D eigenvalue weighted by molar-refractivity contribution is 6.30. The highest BCUT2D eigenvalue weighted by atomic mass is 35.5. The Morgan fingerprint density at radius 3 is 2.27 bits per heavy atom. The van der Waals surface area contributed by atoms with Crippen LogP contribution >= 0.6 is 11.6 Å². The zero-order valence-corrected chi connectivity index (χ0v) is 12.3. The molecule has 0 aromatic heterocycles. The molecule has 0 fully saturated rings. The van der Waals surface area contributed by atoms with Crippen LogP contribution in [-0.2, 0) is 4.79 Å². The highest BCUT2D eigenvalue weighted by Gasteiger charge is 2.05. The van der Waals surface area contributed by atoms with Gasteiger partial charge in [0.05, 0.1) is 18.6 Å². The lowest BCUT2D eigenvalue weighted by Gasteiger charge is -2.07. The van der Waals surface area contributed by atoms with E-state index >= 15 is 0 Å². The Morgan fingerprint density at radius 2 is 1.68 bits per heavy atom. The number of carboxylic acid groups (broad SMARTS) is 1. The van der Waals surface area contributed by atoms with Gasteiger partial charge in [-0.05, 0) is 48.5 Å². The molecule has 2 rings (SSSR count). The van der Waals surface area contributed by atoms with Crippen LogP contribution in [0.1, 0.15) is 16.8 Å². The Labute approximate surface area is 132 Å². The predicted octanol–water partition coefficient (Wildman–Crippen LogP) is 3.45. The molecule has 2 aromatic rings. The molecule has 2 aromatic carbocycles. The van der Waals surface area contributed by atoms with Crippen LogP contribution in [0.3, 0.4) is 0 Å². The third-order valence-corrected chi connectivity index (χ3v) is 3.08. The average Bonchev–Trinajstić information content (AvgIpc) is 2.50. The lowest BCUT2D eigenvalue weighted by Crippen LogP contribution is -2.15. The van der Waals surface area contributed by atoms with Crippen LogP contribution in [0.25, 0.3) is 0 Å². The van der Waals surface area contributed by atoms with Crippen molar-refractivity contribution in [3.63, 3.8) is 0 Å². The number of ether oxygens (including phenoxy) is 1. The summed E-state index contributed by atoms with van der Waals surface area (Å²) in [6.45, 7) is 0.237. The molecule has 1 amide bonds. The average molecular weight is 320 g/mol. The monoisotopic (exact) mass is 319 g/mol. The minimum absolute atomic E-state index is 0.170. The number of nitrogens with one attached hydrogen (secondary N) is 1. The van der Waals surface area contributed by atoms with Crippen LogP contribution in [0.15, 0.2) is 48.5 Å². The number of hydrogen-bond acceptors (Lipinski definition) is 3. The Morgan fingerprint density at radius 1 is 1.05 bits per heavy atom. The van der Waals surface area contributed by atoms with Crippen molar-refractivity contribution in [3.05, 3.63) is 59.1 Å². The van der Waals surface area contributed by atoms with E-state index in [0.717, 1.165) is 0 Å². The SMILES string of the molecule is O=C(CCOc1ccc(Cl)cc1)Nc1ccc(C(=O)O)cc1. The molecule has 0 radical (unpaired) electrons. The number of carbonyl (C=O) groups excluding carboxylic acids is 1. The zero-order valence-electron chi connectivity index (χ0n) is 11.6. The van der Waals surface area contributed by atoms with E-state index < -0.39 is 5.97 Å². The molecule has 0 saturated heterocycles. The third-order valence-electron chi connectivity index (χ3n) is 2.83. The Bertz CT molecular complexity index is 653. The van der Waals surface area contributed by atoms with Gasteiger partial charge in [-0.3, -0.25) is 4.79 Å². The quantitative estimate of drug-likeness (QED) is 0.855. The van der Waals surface area contributed by atoms with Gasteiger partial charge in [-0.1, -0.05) is 11.6 Å². The molecule has 5 nitrogen and oxygen atoms in total. The van der Waals surface area contributed by atoms with E-state index in [0.29, 0.717) is 16.5 Å². The lowest BCUT2D eigenvalue weighted by atomic mass is 10.2. The summed E-state index contributed by atoms with van der Waals surface area (Å²) < 4.78 is 5.42. The van der Waals surface area contributed by atoms with Gasteiger partial charge in [0.1, 0.15) is 5.75 Å². The second kappa shape index (κ2) is 7.47. The van der Waals surface area contributed by atoms with E-state index in [4.69, 9.17) is 21.4 Å². The van der Waals surface area contributed by atoms with Gasteiger partial charge in [-0.15, -0.1) is 0 Å². The van der Waals surface area contributed by atoms with E-state index in [-0.39, 0.29) is 24.5 Å². The number of halogens is 1. The number of hydrogen-bond donors (Lipinski definition) is 2. The van der Waals surface area contributed by atoms with Gasteiger partial charge in [-0.2, -0.15) is 0 Å². The maximum absolute atomic E-state index is 11.7. The number of aromatic carboxylic acids is 1. The molecule has 0 heterocycles. The maximum atomic E-state index is 11.7. The van der Waals surface area contributed by atoms with Crippen LogP contribution in [0.2, 0.25) is 5.02 Å². The summed E-state index contributed by atoms with van der Waals surface area (Å²) in [6, 6.07) is 12.8. The summed E-state index contributed by atoms with van der Waals surface area (Å²) in [5, 5.41) is 12.1. The van der Waals surface area contributed by atoms with Crippen LogP contribution in [0.5, 0.6) is 5.75 Å². The van der Waals surface area contributed by atoms with Crippen molar-refractivity contribution < 1.29 is 19.4 Å². The Balaban J connectivity index is 1.77. The van der Waals surface area contributed by atoms with Crippen molar-refractivity contribution in [2.24, 2.45) is 0 Å². The van der Waals surface area contributed by atoms with E-state index in [2.05, 4.69) is 5.32 Å². The molecule has 22 heavy (non-hydrogen) atoms. The minimum atomic E-state index is -1.01. The molecule has 0 aliphatic rings. The fourth-order valence-corrected chi connectivity index (χ4v) is 1.84. The fourth-order valence-electron chi connectivity index (χ4n) is 1.71. The van der Waals surface area contributed by atoms with Crippen molar-refractivity contribution >= 4 is 29.2 Å². The van der Waals surface area contributed by atoms with Crippen LogP contribution in [-0.4, -0.2) is 23.6 Å². The summed E-state index contributed by atoms with van der Waals surface area (Å²) in [7, 11) is 0. The number of amides is 1. The molecule has 0 atom stereocenters. The van der Waals surface area contributed by atoms with Crippen LogP contribution in [0.4, 0.5) is 5.69 Å². The normalized spacial score (nSPS) is 10.0. The first kappa shape index (κ1) is 15.9. The van der Waals surface area contributed by atoms with Crippen molar-refractivity contribution in [2.75, 3.05) is 11.9 Å². The standard InChI is InChI=1S/C16H14ClNO4/c17-12-3-7-14(8-4-12)22-10-9-15(19)18-13-5-1-11(2-6-13)16(20)21/h1-8H,9-10H2,(H,18,19)(H,20,21). The number of anilines is 1. The summed E-state index contributed by atoms with van der Waals surface area (Å²) >= 11 is 5.76. The molecule has 6 heteroatoms. The molecule has 0 aliphatic carbocycles. The number of benzene rings is 2. The highest BCUT2D eigenvalue weighted by Crippen LogP contribution is 2.15. The molecule has 0 bridgehead atoms. The third kappa shape index (κ3) is 4.79. The fraction of sp³-hybridized carbons (Fsp3) is 0.125. The van der Waals surface area contributed by atoms with Crippen LogP contribution in [0, 0.1) is 0 Å². The number of rotatable bonds is 6. The number of carbonyl (C=O) groups is 2. The summed E-state index contributed by atoms with van der Waals surface area (Å²) in [5.74, 6) is -0.575. The second-order valence-electron chi connectivity index (χ2n) is 4.48.